The minimum absolute atomic E-state index is 0. The molecular weight excluding hydrogens is 338 g/mol. The number of Topliss-reactive ketones (excluding diaryl/α,β-unsaturated/α-hetero) is 1. The van der Waals surface area contributed by atoms with Crippen LogP contribution in [0.15, 0.2) is 24.3 Å². The first kappa shape index (κ1) is 19.9. The topological polar surface area (TPSA) is 61.4 Å². The van der Waals surface area contributed by atoms with Crippen LogP contribution in [-0.2, 0) is 4.79 Å². The maximum Gasteiger partial charge on any atom is 0.238 e. The number of hydrogen-bond donors (Lipinski definition) is 2. The normalized spacial score (nSPS) is 18.4. The predicted octanol–water partition coefficient (Wildman–Crippen LogP) is 2.71. The van der Waals surface area contributed by atoms with Crippen LogP contribution >= 0.6 is 12.4 Å². The molecule has 2 aliphatic rings. The zero-order valence-corrected chi connectivity index (χ0v) is 15.6. The van der Waals surface area contributed by atoms with Crippen LogP contribution in [0.3, 0.4) is 0 Å². The third-order valence-corrected chi connectivity index (χ3v) is 4.93. The van der Waals surface area contributed by atoms with Gasteiger partial charge in [0.1, 0.15) is 0 Å². The van der Waals surface area contributed by atoms with Crippen molar-refractivity contribution in [2.45, 2.75) is 38.6 Å². The summed E-state index contributed by atoms with van der Waals surface area (Å²) in [6.45, 7) is 4.97. The largest absolute Gasteiger partial charge is 0.324 e. The van der Waals surface area contributed by atoms with Crippen molar-refractivity contribution in [2.24, 2.45) is 5.92 Å². The summed E-state index contributed by atoms with van der Waals surface area (Å²) in [5.74, 6) is 0.830. The Balaban J connectivity index is 0.00000225. The van der Waals surface area contributed by atoms with Crippen molar-refractivity contribution in [1.29, 1.82) is 0 Å². The summed E-state index contributed by atoms with van der Waals surface area (Å²) in [6.07, 6.45) is 4.97. The third-order valence-electron chi connectivity index (χ3n) is 4.93. The van der Waals surface area contributed by atoms with Crippen LogP contribution in [0, 0.1) is 5.92 Å². The standard InChI is InChI=1S/C19H27N3O2.ClH/c1-14(23)17-4-2-3-5-18(17)21-19(24)13-22-10-8-16(9-11-22)20-12-15-6-7-15;/h2-5,15-16,20H,6-13H2,1H3,(H,21,24);1H. The van der Waals surface area contributed by atoms with Crippen LogP contribution in [0.25, 0.3) is 0 Å². The number of nitrogens with zero attached hydrogens (tertiary/aromatic N) is 1. The van der Waals surface area contributed by atoms with E-state index in [1.807, 2.05) is 12.1 Å². The van der Waals surface area contributed by atoms with Crippen LogP contribution in [0.5, 0.6) is 0 Å². The number of anilines is 1. The van der Waals surface area contributed by atoms with Gasteiger partial charge >= 0.3 is 0 Å². The molecule has 0 aromatic heterocycles. The highest BCUT2D eigenvalue weighted by Gasteiger charge is 2.25. The SMILES string of the molecule is CC(=O)c1ccccc1NC(=O)CN1CCC(NCC2CC2)CC1.Cl. The molecule has 1 aliphatic carbocycles. The number of piperidine rings is 1. The minimum Gasteiger partial charge on any atom is -0.324 e. The second kappa shape index (κ2) is 9.32. The lowest BCUT2D eigenvalue weighted by Gasteiger charge is -2.32. The monoisotopic (exact) mass is 365 g/mol. The van der Waals surface area contributed by atoms with Crippen LogP contribution in [0.1, 0.15) is 43.0 Å². The molecule has 1 heterocycles. The van der Waals surface area contributed by atoms with Crippen LogP contribution in [-0.4, -0.2) is 48.8 Å². The fraction of sp³-hybridized carbons (Fsp3) is 0.579. The van der Waals surface area contributed by atoms with Crippen LogP contribution in [0.2, 0.25) is 0 Å². The Morgan fingerprint density at radius 3 is 2.44 bits per heavy atom. The summed E-state index contributed by atoms with van der Waals surface area (Å²) in [5.41, 5.74) is 1.17. The van der Waals surface area contributed by atoms with Gasteiger partial charge in [0.15, 0.2) is 5.78 Å². The number of carbonyl (C=O) groups excluding carboxylic acids is 2. The summed E-state index contributed by atoms with van der Waals surface area (Å²) in [5, 5.41) is 6.53. The Morgan fingerprint density at radius 1 is 1.12 bits per heavy atom. The molecule has 1 aromatic carbocycles. The van der Waals surface area contributed by atoms with Crippen molar-refractivity contribution in [3.8, 4) is 0 Å². The Kier molecular flexibility index (Phi) is 7.41. The van der Waals surface area contributed by atoms with Gasteiger partial charge in [-0.2, -0.15) is 0 Å². The quantitative estimate of drug-likeness (QED) is 0.729. The highest BCUT2D eigenvalue weighted by Crippen LogP contribution is 2.28. The summed E-state index contributed by atoms with van der Waals surface area (Å²) in [7, 11) is 0. The van der Waals surface area contributed by atoms with Gasteiger partial charge in [0.25, 0.3) is 0 Å². The molecule has 0 atom stereocenters. The smallest absolute Gasteiger partial charge is 0.238 e. The van der Waals surface area contributed by atoms with E-state index in [1.54, 1.807) is 12.1 Å². The molecule has 0 bridgehead atoms. The molecule has 2 N–H and O–H groups in total. The first-order valence-electron chi connectivity index (χ1n) is 8.97. The van der Waals surface area contributed by atoms with Crippen molar-refractivity contribution < 1.29 is 9.59 Å². The van der Waals surface area contributed by atoms with Crippen molar-refractivity contribution in [2.75, 3.05) is 31.5 Å². The van der Waals surface area contributed by atoms with E-state index >= 15 is 0 Å². The molecule has 5 nitrogen and oxygen atoms in total. The number of amides is 1. The van der Waals surface area contributed by atoms with E-state index < -0.39 is 0 Å². The lowest BCUT2D eigenvalue weighted by molar-refractivity contribution is -0.117. The maximum absolute atomic E-state index is 12.3. The van der Waals surface area contributed by atoms with Gasteiger partial charge in [0, 0.05) is 24.7 Å². The molecule has 1 aliphatic heterocycles. The summed E-state index contributed by atoms with van der Waals surface area (Å²) < 4.78 is 0. The molecule has 1 amide bonds. The Bertz CT molecular complexity index is 596. The zero-order valence-electron chi connectivity index (χ0n) is 14.8. The number of ketones is 1. The average Bonchev–Trinajstić information content (AvgIpc) is 3.39. The Hall–Kier alpha value is -1.43. The highest BCUT2D eigenvalue weighted by molar-refractivity contribution is 6.04. The van der Waals surface area contributed by atoms with E-state index in [0.717, 1.165) is 38.4 Å². The number of halogens is 1. The van der Waals surface area contributed by atoms with E-state index in [4.69, 9.17) is 0 Å². The number of para-hydroxylation sites is 1. The highest BCUT2D eigenvalue weighted by atomic mass is 35.5. The molecule has 0 unspecified atom stereocenters. The van der Waals surface area contributed by atoms with Crippen LogP contribution < -0.4 is 10.6 Å². The molecule has 0 radical (unpaired) electrons. The van der Waals surface area contributed by atoms with E-state index in [9.17, 15) is 9.59 Å². The molecule has 1 saturated carbocycles. The van der Waals surface area contributed by atoms with Crippen molar-refractivity contribution >= 4 is 29.8 Å². The predicted molar refractivity (Wildman–Crippen MR) is 103 cm³/mol. The molecule has 25 heavy (non-hydrogen) atoms. The summed E-state index contributed by atoms with van der Waals surface area (Å²) >= 11 is 0. The molecule has 1 aromatic rings. The van der Waals surface area contributed by atoms with Gasteiger partial charge in [0.2, 0.25) is 5.91 Å². The molecule has 6 heteroatoms. The zero-order chi connectivity index (χ0) is 16.9. The van der Waals surface area contributed by atoms with Gasteiger partial charge in [0.05, 0.1) is 12.2 Å². The van der Waals surface area contributed by atoms with Gasteiger partial charge in [-0.05, 0) is 57.2 Å². The van der Waals surface area contributed by atoms with E-state index in [1.165, 1.54) is 19.8 Å². The second-order valence-corrected chi connectivity index (χ2v) is 7.05. The minimum atomic E-state index is -0.0481. The fourth-order valence-electron chi connectivity index (χ4n) is 3.24. The van der Waals surface area contributed by atoms with E-state index in [0.29, 0.717) is 23.8 Å². The number of likely N-dealkylation sites (tertiary alicyclic amines) is 1. The lowest BCUT2D eigenvalue weighted by atomic mass is 10.0. The van der Waals surface area contributed by atoms with Crippen LogP contribution in [0.4, 0.5) is 5.69 Å². The van der Waals surface area contributed by atoms with Gasteiger partial charge in [-0.15, -0.1) is 12.4 Å². The molecule has 0 spiro atoms. The third kappa shape index (κ3) is 6.10. The van der Waals surface area contributed by atoms with E-state index in [2.05, 4.69) is 15.5 Å². The Morgan fingerprint density at radius 2 is 1.80 bits per heavy atom. The number of hydrogen-bond acceptors (Lipinski definition) is 4. The number of nitrogens with one attached hydrogen (secondary N) is 2. The van der Waals surface area contributed by atoms with Gasteiger partial charge in [-0.3, -0.25) is 14.5 Å². The van der Waals surface area contributed by atoms with E-state index in [-0.39, 0.29) is 24.1 Å². The second-order valence-electron chi connectivity index (χ2n) is 7.05. The van der Waals surface area contributed by atoms with Crippen molar-refractivity contribution in [3.63, 3.8) is 0 Å². The molecule has 2 fully saturated rings. The molecular formula is C19H28ClN3O2. The first-order valence-corrected chi connectivity index (χ1v) is 8.97. The number of benzene rings is 1. The molecule has 138 valence electrons. The summed E-state index contributed by atoms with van der Waals surface area (Å²) in [6, 6.07) is 7.77. The average molecular weight is 366 g/mol. The fourth-order valence-corrected chi connectivity index (χ4v) is 3.24. The number of rotatable bonds is 7. The Labute approximate surface area is 155 Å². The first-order chi connectivity index (χ1) is 11.6. The molecule has 1 saturated heterocycles. The van der Waals surface area contributed by atoms with Gasteiger partial charge in [-0.1, -0.05) is 12.1 Å². The number of carbonyl (C=O) groups is 2. The van der Waals surface area contributed by atoms with Crippen molar-refractivity contribution in [1.82, 2.24) is 10.2 Å². The lowest BCUT2D eigenvalue weighted by Crippen LogP contribution is -2.45. The molecule has 3 rings (SSSR count). The van der Waals surface area contributed by atoms with Gasteiger partial charge < -0.3 is 10.6 Å². The van der Waals surface area contributed by atoms with Gasteiger partial charge in [-0.25, -0.2) is 0 Å². The summed E-state index contributed by atoms with van der Waals surface area (Å²) in [4.78, 5) is 26.1. The van der Waals surface area contributed by atoms with Crippen molar-refractivity contribution in [3.05, 3.63) is 29.8 Å². The maximum atomic E-state index is 12.3.